The van der Waals surface area contributed by atoms with Crippen molar-refractivity contribution in [3.05, 3.63) is 63.1 Å². The number of nitrogens with zero attached hydrogens (tertiary/aromatic N) is 2. The van der Waals surface area contributed by atoms with Gasteiger partial charge in [0.15, 0.2) is 0 Å². The monoisotopic (exact) mass is 385 g/mol. The summed E-state index contributed by atoms with van der Waals surface area (Å²) in [4.78, 5) is 16.9. The Morgan fingerprint density at radius 3 is 3.00 bits per heavy atom. The molecule has 4 heterocycles. The number of likely N-dealkylation sites (tertiary alicyclic amines) is 1. The molecule has 1 atom stereocenters. The summed E-state index contributed by atoms with van der Waals surface area (Å²) in [6, 6.07) is 8.02. The minimum Gasteiger partial charge on any atom is -0.467 e. The van der Waals surface area contributed by atoms with E-state index in [0.717, 1.165) is 48.0 Å². The molecule has 3 aromatic rings. The van der Waals surface area contributed by atoms with Gasteiger partial charge in [0.25, 0.3) is 5.91 Å². The number of thiophene rings is 1. The second-order valence-corrected chi connectivity index (χ2v) is 8.01. The van der Waals surface area contributed by atoms with Crippen LogP contribution in [0.25, 0.3) is 0 Å². The molecule has 0 aliphatic carbocycles. The topological polar surface area (TPSA) is 71.5 Å². The smallest absolute Gasteiger partial charge is 0.261 e. The zero-order valence-corrected chi connectivity index (χ0v) is 16.3. The van der Waals surface area contributed by atoms with Crippen LogP contribution in [-0.2, 0) is 13.1 Å². The zero-order valence-electron chi connectivity index (χ0n) is 15.5. The molecule has 4 rings (SSSR count). The number of rotatable bonds is 6. The molecule has 0 bridgehead atoms. The number of furan rings is 1. The highest BCUT2D eigenvalue weighted by atomic mass is 32.1. The van der Waals surface area contributed by atoms with Crippen molar-refractivity contribution in [2.24, 2.45) is 0 Å². The molecule has 0 aromatic carbocycles. The van der Waals surface area contributed by atoms with Crippen LogP contribution in [0.2, 0.25) is 0 Å². The molecule has 7 heteroatoms. The summed E-state index contributed by atoms with van der Waals surface area (Å²) in [7, 11) is 0. The van der Waals surface area contributed by atoms with E-state index < -0.39 is 0 Å². The maximum Gasteiger partial charge on any atom is 0.261 e. The first-order valence-corrected chi connectivity index (χ1v) is 9.99. The molecule has 1 amide bonds. The predicted octanol–water partition coefficient (Wildman–Crippen LogP) is 4.21. The van der Waals surface area contributed by atoms with E-state index in [1.807, 2.05) is 32.0 Å². The lowest BCUT2D eigenvalue weighted by atomic mass is 10.1. The van der Waals surface area contributed by atoms with Crippen LogP contribution in [0.4, 0.5) is 0 Å². The second-order valence-electron chi connectivity index (χ2n) is 6.90. The van der Waals surface area contributed by atoms with E-state index in [2.05, 4.69) is 21.4 Å². The first kappa shape index (κ1) is 18.0. The van der Waals surface area contributed by atoms with Crippen molar-refractivity contribution in [3.63, 3.8) is 0 Å². The van der Waals surface area contributed by atoms with Crippen LogP contribution >= 0.6 is 11.3 Å². The van der Waals surface area contributed by atoms with Gasteiger partial charge in [-0.15, -0.1) is 11.3 Å². The van der Waals surface area contributed by atoms with Gasteiger partial charge in [-0.25, -0.2) is 0 Å². The van der Waals surface area contributed by atoms with Gasteiger partial charge in [0, 0.05) is 23.0 Å². The molecule has 1 N–H and O–H groups in total. The number of aromatic nitrogens is 1. The van der Waals surface area contributed by atoms with Gasteiger partial charge in [-0.3, -0.25) is 9.69 Å². The van der Waals surface area contributed by atoms with E-state index in [1.165, 1.54) is 10.4 Å². The Hall–Kier alpha value is -2.38. The number of amides is 1. The van der Waals surface area contributed by atoms with Gasteiger partial charge in [-0.1, -0.05) is 5.16 Å². The van der Waals surface area contributed by atoms with E-state index in [-0.39, 0.29) is 5.91 Å². The van der Waals surface area contributed by atoms with Crippen molar-refractivity contribution >= 4 is 17.2 Å². The summed E-state index contributed by atoms with van der Waals surface area (Å²) in [5, 5.41) is 6.98. The van der Waals surface area contributed by atoms with Crippen LogP contribution in [0, 0.1) is 13.8 Å². The molecule has 3 aromatic heterocycles. The first-order valence-electron chi connectivity index (χ1n) is 9.18. The van der Waals surface area contributed by atoms with Gasteiger partial charge < -0.3 is 14.3 Å². The highest BCUT2D eigenvalue weighted by molar-refractivity contribution is 7.14. The van der Waals surface area contributed by atoms with Crippen LogP contribution in [0.15, 0.2) is 39.5 Å². The van der Waals surface area contributed by atoms with Crippen LogP contribution in [0.5, 0.6) is 0 Å². The minimum atomic E-state index is -0.0575. The molecule has 27 heavy (non-hydrogen) atoms. The third-order valence-electron chi connectivity index (χ3n) is 5.09. The van der Waals surface area contributed by atoms with Crippen molar-refractivity contribution in [2.75, 3.05) is 6.54 Å². The fourth-order valence-electron chi connectivity index (χ4n) is 3.59. The fraction of sp³-hybridized carbons (Fsp3) is 0.400. The quantitative estimate of drug-likeness (QED) is 0.688. The third-order valence-corrected chi connectivity index (χ3v) is 6.27. The molecule has 0 radical (unpaired) electrons. The van der Waals surface area contributed by atoms with Crippen LogP contribution in [0.1, 0.15) is 56.2 Å². The Morgan fingerprint density at radius 1 is 1.37 bits per heavy atom. The summed E-state index contributed by atoms with van der Waals surface area (Å²) in [6.07, 6.45) is 3.88. The molecule has 6 nitrogen and oxygen atoms in total. The average Bonchev–Trinajstić information content (AvgIpc) is 3.44. The SMILES string of the molecule is Cc1noc(C)c1CN1CCCC1c1ccc(C(=O)NCc2ccco2)s1. The number of hydrogen-bond acceptors (Lipinski definition) is 6. The summed E-state index contributed by atoms with van der Waals surface area (Å²) < 4.78 is 10.6. The predicted molar refractivity (Wildman–Crippen MR) is 103 cm³/mol. The summed E-state index contributed by atoms with van der Waals surface area (Å²) >= 11 is 1.58. The first-order chi connectivity index (χ1) is 13.1. The molecular formula is C20H23N3O3S. The van der Waals surface area contributed by atoms with Crippen molar-refractivity contribution in [3.8, 4) is 0 Å². The van der Waals surface area contributed by atoms with Crippen LogP contribution in [0.3, 0.4) is 0 Å². The Kier molecular flexibility index (Phi) is 5.13. The maximum atomic E-state index is 12.4. The second kappa shape index (κ2) is 7.70. The number of nitrogens with one attached hydrogen (secondary N) is 1. The number of hydrogen-bond donors (Lipinski definition) is 1. The van der Waals surface area contributed by atoms with Crippen LogP contribution < -0.4 is 5.32 Å². The van der Waals surface area contributed by atoms with E-state index in [9.17, 15) is 4.79 Å². The molecule has 0 spiro atoms. The summed E-state index contributed by atoms with van der Waals surface area (Å²) in [5.41, 5.74) is 2.14. The summed E-state index contributed by atoms with van der Waals surface area (Å²) in [5.74, 6) is 1.59. The number of aryl methyl sites for hydroxylation is 2. The van der Waals surface area contributed by atoms with Crippen molar-refractivity contribution < 1.29 is 13.7 Å². The van der Waals surface area contributed by atoms with Gasteiger partial charge in [-0.2, -0.15) is 0 Å². The van der Waals surface area contributed by atoms with Gasteiger partial charge in [0.2, 0.25) is 0 Å². The Labute approximate surface area is 162 Å². The molecule has 0 saturated carbocycles. The fourth-order valence-corrected chi connectivity index (χ4v) is 4.68. The molecule has 1 fully saturated rings. The molecule has 1 unspecified atom stereocenters. The van der Waals surface area contributed by atoms with E-state index in [4.69, 9.17) is 8.94 Å². The molecular weight excluding hydrogens is 362 g/mol. The lowest BCUT2D eigenvalue weighted by Crippen LogP contribution is -2.23. The standard InChI is InChI=1S/C20H23N3O3S/c1-13-16(14(2)26-22-13)12-23-9-3-6-17(23)18-7-8-19(27-18)20(24)21-11-15-5-4-10-25-15/h4-5,7-8,10,17H,3,6,9,11-12H2,1-2H3,(H,21,24). The molecule has 142 valence electrons. The van der Waals surface area contributed by atoms with E-state index in [1.54, 1.807) is 17.6 Å². The van der Waals surface area contributed by atoms with Crippen molar-refractivity contribution in [2.45, 2.75) is 45.8 Å². The van der Waals surface area contributed by atoms with Gasteiger partial charge in [-0.05, 0) is 57.5 Å². The van der Waals surface area contributed by atoms with E-state index >= 15 is 0 Å². The van der Waals surface area contributed by atoms with Gasteiger partial charge in [0.05, 0.1) is 23.4 Å². The lowest BCUT2D eigenvalue weighted by molar-refractivity contribution is 0.0952. The normalized spacial score (nSPS) is 17.5. The third kappa shape index (κ3) is 3.84. The molecule has 1 aliphatic rings. The summed E-state index contributed by atoms with van der Waals surface area (Å²) in [6.45, 7) is 6.24. The van der Waals surface area contributed by atoms with Crippen molar-refractivity contribution in [1.82, 2.24) is 15.4 Å². The minimum absolute atomic E-state index is 0.0575. The highest BCUT2D eigenvalue weighted by Gasteiger charge is 2.29. The van der Waals surface area contributed by atoms with Gasteiger partial charge in [0.1, 0.15) is 11.5 Å². The number of carbonyl (C=O) groups excluding carboxylic acids is 1. The average molecular weight is 385 g/mol. The van der Waals surface area contributed by atoms with Crippen LogP contribution in [-0.4, -0.2) is 22.5 Å². The van der Waals surface area contributed by atoms with E-state index in [0.29, 0.717) is 12.6 Å². The molecule has 1 saturated heterocycles. The Balaban J connectivity index is 1.43. The number of carbonyl (C=O) groups is 1. The largest absolute Gasteiger partial charge is 0.467 e. The lowest BCUT2D eigenvalue weighted by Gasteiger charge is -2.23. The zero-order chi connectivity index (χ0) is 18.8. The Bertz CT molecular complexity index is 893. The van der Waals surface area contributed by atoms with Crippen molar-refractivity contribution in [1.29, 1.82) is 0 Å². The van der Waals surface area contributed by atoms with Gasteiger partial charge >= 0.3 is 0 Å². The highest BCUT2D eigenvalue weighted by Crippen LogP contribution is 2.37. The Morgan fingerprint density at radius 2 is 2.26 bits per heavy atom. The maximum absolute atomic E-state index is 12.4. The molecule has 1 aliphatic heterocycles.